The Balaban J connectivity index is 2.59. The van der Waals surface area contributed by atoms with Gasteiger partial charge in [-0.2, -0.15) is 0 Å². The fourth-order valence-corrected chi connectivity index (χ4v) is 2.08. The van der Waals surface area contributed by atoms with Crippen molar-refractivity contribution in [3.05, 3.63) is 35.4 Å². The van der Waals surface area contributed by atoms with Crippen LogP contribution in [0.15, 0.2) is 24.3 Å². The van der Waals surface area contributed by atoms with E-state index in [1.807, 2.05) is 13.8 Å². The van der Waals surface area contributed by atoms with Crippen molar-refractivity contribution in [2.75, 3.05) is 0 Å². The molecule has 1 aromatic carbocycles. The molecule has 1 unspecified atom stereocenters. The highest BCUT2D eigenvalue weighted by Crippen LogP contribution is 2.06. The number of carboxylic acids is 1. The number of carbonyl (C=O) groups excluding carboxylic acids is 2. The second-order valence-corrected chi connectivity index (χ2v) is 5.38. The third-order valence-electron chi connectivity index (χ3n) is 3.36. The fraction of sp³-hybridized carbons (Fsp3) is 0.471. The predicted molar refractivity (Wildman–Crippen MR) is 87.0 cm³/mol. The van der Waals surface area contributed by atoms with Gasteiger partial charge in [0, 0.05) is 18.5 Å². The van der Waals surface area contributed by atoms with Gasteiger partial charge in [-0.25, -0.2) is 4.79 Å². The van der Waals surface area contributed by atoms with Crippen LogP contribution in [0.3, 0.4) is 0 Å². The van der Waals surface area contributed by atoms with Crippen LogP contribution in [0.2, 0.25) is 0 Å². The van der Waals surface area contributed by atoms with Gasteiger partial charge < -0.3 is 15.7 Å². The van der Waals surface area contributed by atoms with Crippen molar-refractivity contribution in [2.45, 2.75) is 52.1 Å². The van der Waals surface area contributed by atoms with Gasteiger partial charge in [-0.15, -0.1) is 0 Å². The number of benzene rings is 1. The highest BCUT2D eigenvalue weighted by atomic mass is 16.4. The van der Waals surface area contributed by atoms with E-state index in [-0.39, 0.29) is 5.91 Å². The number of aliphatic carboxylic acids is 1. The monoisotopic (exact) mass is 320 g/mol. The number of carbonyl (C=O) groups is 3. The zero-order chi connectivity index (χ0) is 17.2. The number of hydrogen-bond acceptors (Lipinski definition) is 3. The first-order valence-corrected chi connectivity index (χ1v) is 7.87. The van der Waals surface area contributed by atoms with Crippen LogP contribution in [0, 0.1) is 0 Å². The first-order chi connectivity index (χ1) is 11.0. The molecule has 0 saturated heterocycles. The topological polar surface area (TPSA) is 95.5 Å². The van der Waals surface area contributed by atoms with E-state index in [0.29, 0.717) is 31.4 Å². The molecule has 1 rings (SSSR count). The van der Waals surface area contributed by atoms with Crippen molar-refractivity contribution in [3.8, 4) is 0 Å². The van der Waals surface area contributed by atoms with Gasteiger partial charge in [0.1, 0.15) is 6.04 Å². The Labute approximate surface area is 136 Å². The molecule has 0 saturated carbocycles. The van der Waals surface area contributed by atoms with E-state index < -0.39 is 17.9 Å². The number of nitrogens with one attached hydrogen (secondary N) is 2. The van der Waals surface area contributed by atoms with Gasteiger partial charge in [0.15, 0.2) is 0 Å². The molecule has 0 radical (unpaired) electrons. The van der Waals surface area contributed by atoms with Crippen molar-refractivity contribution >= 4 is 17.8 Å². The highest BCUT2D eigenvalue weighted by molar-refractivity contribution is 5.96. The van der Waals surface area contributed by atoms with Gasteiger partial charge in [-0.3, -0.25) is 9.59 Å². The van der Waals surface area contributed by atoms with E-state index in [0.717, 1.165) is 12.0 Å². The largest absolute Gasteiger partial charge is 0.480 e. The van der Waals surface area contributed by atoms with Crippen LogP contribution in [0.4, 0.5) is 0 Å². The number of amides is 2. The van der Waals surface area contributed by atoms with E-state index in [9.17, 15) is 14.4 Å². The minimum atomic E-state index is -1.03. The standard InChI is InChI=1S/C17H24N2O4/c1-3-5-14(17(22)23)19-16(21)13-9-7-12(8-10-13)11-18-15(20)6-4-2/h7-10,14H,3-6,11H2,1-2H3,(H,18,20)(H,19,21)(H,22,23). The average Bonchev–Trinajstić information content (AvgIpc) is 2.53. The summed E-state index contributed by atoms with van der Waals surface area (Å²) in [7, 11) is 0. The highest BCUT2D eigenvalue weighted by Gasteiger charge is 2.19. The third kappa shape index (κ3) is 6.50. The summed E-state index contributed by atoms with van der Waals surface area (Å²) in [5.74, 6) is -1.44. The van der Waals surface area contributed by atoms with Crippen molar-refractivity contribution in [1.82, 2.24) is 10.6 Å². The van der Waals surface area contributed by atoms with E-state index >= 15 is 0 Å². The van der Waals surface area contributed by atoms with E-state index in [4.69, 9.17) is 5.11 Å². The predicted octanol–water partition coefficient (Wildman–Crippen LogP) is 2.09. The minimum absolute atomic E-state index is 0.00168. The lowest BCUT2D eigenvalue weighted by atomic mass is 10.1. The molecular weight excluding hydrogens is 296 g/mol. The Morgan fingerprint density at radius 3 is 2.26 bits per heavy atom. The lowest BCUT2D eigenvalue weighted by molar-refractivity contribution is -0.139. The van der Waals surface area contributed by atoms with Gasteiger partial charge >= 0.3 is 5.97 Å². The summed E-state index contributed by atoms with van der Waals surface area (Å²) in [6.07, 6.45) is 2.36. The maximum absolute atomic E-state index is 12.1. The summed E-state index contributed by atoms with van der Waals surface area (Å²) >= 11 is 0. The van der Waals surface area contributed by atoms with Crippen molar-refractivity contribution in [3.63, 3.8) is 0 Å². The van der Waals surface area contributed by atoms with Gasteiger partial charge in [0.2, 0.25) is 5.91 Å². The Kier molecular flexibility index (Phi) is 7.80. The third-order valence-corrected chi connectivity index (χ3v) is 3.36. The van der Waals surface area contributed by atoms with Crippen LogP contribution in [0.25, 0.3) is 0 Å². The lowest BCUT2D eigenvalue weighted by Gasteiger charge is -2.13. The normalized spacial score (nSPS) is 11.6. The molecule has 0 bridgehead atoms. The zero-order valence-corrected chi connectivity index (χ0v) is 13.6. The molecule has 126 valence electrons. The Bertz CT molecular complexity index is 540. The maximum atomic E-state index is 12.1. The van der Waals surface area contributed by atoms with Gasteiger partial charge in [0.05, 0.1) is 0 Å². The molecule has 0 aromatic heterocycles. The van der Waals surface area contributed by atoms with Crippen molar-refractivity contribution in [2.24, 2.45) is 0 Å². The number of rotatable bonds is 9. The van der Waals surface area contributed by atoms with Gasteiger partial charge in [-0.05, 0) is 30.5 Å². The average molecular weight is 320 g/mol. The summed E-state index contributed by atoms with van der Waals surface area (Å²) in [6.45, 7) is 4.22. The molecule has 6 heteroatoms. The Morgan fingerprint density at radius 2 is 1.74 bits per heavy atom. The second kappa shape index (κ2) is 9.61. The van der Waals surface area contributed by atoms with E-state index in [1.54, 1.807) is 24.3 Å². The first kappa shape index (κ1) is 18.7. The van der Waals surface area contributed by atoms with Crippen LogP contribution in [-0.2, 0) is 16.1 Å². The number of hydrogen-bond donors (Lipinski definition) is 3. The number of carboxylic acid groups (broad SMARTS) is 1. The molecule has 0 aliphatic heterocycles. The summed E-state index contributed by atoms with van der Waals surface area (Å²) in [5, 5.41) is 14.4. The summed E-state index contributed by atoms with van der Waals surface area (Å²) in [4.78, 5) is 34.5. The molecular formula is C17H24N2O4. The van der Waals surface area contributed by atoms with Crippen LogP contribution in [0.5, 0.6) is 0 Å². The smallest absolute Gasteiger partial charge is 0.326 e. The molecule has 1 atom stereocenters. The van der Waals surface area contributed by atoms with Crippen molar-refractivity contribution in [1.29, 1.82) is 0 Å². The second-order valence-electron chi connectivity index (χ2n) is 5.38. The Morgan fingerprint density at radius 1 is 1.09 bits per heavy atom. The van der Waals surface area contributed by atoms with Crippen LogP contribution < -0.4 is 10.6 Å². The molecule has 3 N–H and O–H groups in total. The Hall–Kier alpha value is -2.37. The summed E-state index contributed by atoms with van der Waals surface area (Å²) in [5.41, 5.74) is 1.28. The summed E-state index contributed by atoms with van der Waals surface area (Å²) in [6, 6.07) is 5.87. The molecule has 0 fully saturated rings. The van der Waals surface area contributed by atoms with E-state index in [2.05, 4.69) is 10.6 Å². The maximum Gasteiger partial charge on any atom is 0.326 e. The molecule has 1 aromatic rings. The lowest BCUT2D eigenvalue weighted by Crippen LogP contribution is -2.40. The minimum Gasteiger partial charge on any atom is -0.480 e. The first-order valence-electron chi connectivity index (χ1n) is 7.87. The van der Waals surface area contributed by atoms with Crippen LogP contribution >= 0.6 is 0 Å². The fourth-order valence-electron chi connectivity index (χ4n) is 2.08. The molecule has 0 aliphatic carbocycles. The molecule has 0 spiro atoms. The molecule has 23 heavy (non-hydrogen) atoms. The molecule has 0 aliphatic rings. The molecule has 2 amide bonds. The van der Waals surface area contributed by atoms with E-state index in [1.165, 1.54) is 0 Å². The van der Waals surface area contributed by atoms with Gasteiger partial charge in [0.25, 0.3) is 5.91 Å². The summed E-state index contributed by atoms with van der Waals surface area (Å²) < 4.78 is 0. The molecule has 0 heterocycles. The van der Waals surface area contributed by atoms with Crippen LogP contribution in [0.1, 0.15) is 55.5 Å². The van der Waals surface area contributed by atoms with Crippen molar-refractivity contribution < 1.29 is 19.5 Å². The quantitative estimate of drug-likeness (QED) is 0.649. The molecule has 6 nitrogen and oxygen atoms in total. The van der Waals surface area contributed by atoms with Gasteiger partial charge in [-0.1, -0.05) is 32.4 Å². The van der Waals surface area contributed by atoms with Crippen LogP contribution in [-0.4, -0.2) is 28.9 Å². The SMILES string of the molecule is CCCC(=O)NCc1ccc(C(=O)NC(CCC)C(=O)O)cc1. The zero-order valence-electron chi connectivity index (χ0n) is 13.6.